The van der Waals surface area contributed by atoms with Gasteiger partial charge in [0, 0.05) is 11.6 Å². The van der Waals surface area contributed by atoms with Crippen molar-refractivity contribution in [3.8, 4) is 11.1 Å². The average Bonchev–Trinajstić information content (AvgIpc) is 3.24. The predicted molar refractivity (Wildman–Crippen MR) is 76.7 cm³/mol. The maximum atomic E-state index is 13.9. The summed E-state index contributed by atoms with van der Waals surface area (Å²) >= 11 is 0. The van der Waals surface area contributed by atoms with Crippen LogP contribution < -0.4 is 5.32 Å². The number of amides is 1. The van der Waals surface area contributed by atoms with Crippen molar-refractivity contribution in [1.82, 2.24) is 5.32 Å². The molecular weight excluding hydrogens is 253 g/mol. The molecular formula is C17H16FNO. The normalized spacial score (nSPS) is 14.1. The highest BCUT2D eigenvalue weighted by molar-refractivity contribution is 5.82. The minimum absolute atomic E-state index is 0.0105. The molecule has 0 saturated heterocycles. The first kappa shape index (κ1) is 12.9. The summed E-state index contributed by atoms with van der Waals surface area (Å²) in [5, 5.41) is 2.96. The van der Waals surface area contributed by atoms with E-state index >= 15 is 0 Å². The second-order valence-corrected chi connectivity index (χ2v) is 5.16. The molecule has 3 heteroatoms. The first-order valence-corrected chi connectivity index (χ1v) is 6.86. The molecule has 2 nitrogen and oxygen atoms in total. The van der Waals surface area contributed by atoms with Gasteiger partial charge in [-0.1, -0.05) is 42.5 Å². The Morgan fingerprint density at radius 1 is 1.05 bits per heavy atom. The highest BCUT2D eigenvalue weighted by Crippen LogP contribution is 2.27. The first-order chi connectivity index (χ1) is 9.74. The van der Waals surface area contributed by atoms with Gasteiger partial charge in [0.05, 0.1) is 6.42 Å². The van der Waals surface area contributed by atoms with Crippen LogP contribution in [0.5, 0.6) is 0 Å². The zero-order valence-electron chi connectivity index (χ0n) is 11.1. The van der Waals surface area contributed by atoms with Crippen LogP contribution in [0, 0.1) is 5.82 Å². The van der Waals surface area contributed by atoms with E-state index in [9.17, 15) is 9.18 Å². The monoisotopic (exact) mass is 269 g/mol. The van der Waals surface area contributed by atoms with Crippen LogP contribution in [0.4, 0.5) is 4.39 Å². The van der Waals surface area contributed by atoms with Gasteiger partial charge in [-0.2, -0.15) is 0 Å². The Morgan fingerprint density at radius 3 is 2.40 bits per heavy atom. The van der Waals surface area contributed by atoms with E-state index in [-0.39, 0.29) is 11.7 Å². The Morgan fingerprint density at radius 2 is 1.70 bits per heavy atom. The molecule has 2 aromatic rings. The largest absolute Gasteiger partial charge is 0.353 e. The molecule has 0 unspecified atom stereocenters. The Hall–Kier alpha value is -2.16. The Balaban J connectivity index is 1.88. The maximum absolute atomic E-state index is 13.9. The van der Waals surface area contributed by atoms with Gasteiger partial charge in [-0.3, -0.25) is 4.79 Å². The molecule has 1 amide bonds. The van der Waals surface area contributed by atoms with Crippen LogP contribution in [-0.4, -0.2) is 11.9 Å². The summed E-state index contributed by atoms with van der Waals surface area (Å²) < 4.78 is 13.9. The van der Waals surface area contributed by atoms with Crippen LogP contribution in [0.2, 0.25) is 0 Å². The lowest BCUT2D eigenvalue weighted by molar-refractivity contribution is -0.120. The minimum Gasteiger partial charge on any atom is -0.353 e. The van der Waals surface area contributed by atoms with E-state index in [1.165, 1.54) is 6.07 Å². The predicted octanol–water partition coefficient (Wildman–Crippen LogP) is 3.31. The third-order valence-corrected chi connectivity index (χ3v) is 3.47. The minimum atomic E-state index is -0.262. The number of halogens is 1. The van der Waals surface area contributed by atoms with Gasteiger partial charge >= 0.3 is 0 Å². The van der Waals surface area contributed by atoms with E-state index in [0.717, 1.165) is 24.0 Å². The van der Waals surface area contributed by atoms with Gasteiger partial charge in [0.1, 0.15) is 5.82 Å². The third-order valence-electron chi connectivity index (χ3n) is 3.47. The molecule has 0 aliphatic heterocycles. The number of hydrogen-bond acceptors (Lipinski definition) is 1. The molecule has 0 heterocycles. The van der Waals surface area contributed by atoms with E-state index in [1.807, 2.05) is 24.3 Å². The van der Waals surface area contributed by atoms with Crippen molar-refractivity contribution in [1.29, 1.82) is 0 Å². The smallest absolute Gasteiger partial charge is 0.224 e. The summed E-state index contributed by atoms with van der Waals surface area (Å²) in [5.74, 6) is -0.251. The molecule has 1 aliphatic carbocycles. The van der Waals surface area contributed by atoms with Crippen molar-refractivity contribution in [3.05, 3.63) is 59.9 Å². The SMILES string of the molecule is O=C(Cc1ccccc1-c1ccccc1F)NC1CC1. The van der Waals surface area contributed by atoms with E-state index in [0.29, 0.717) is 18.0 Å². The zero-order valence-corrected chi connectivity index (χ0v) is 11.1. The van der Waals surface area contributed by atoms with E-state index in [4.69, 9.17) is 0 Å². The molecule has 0 spiro atoms. The third kappa shape index (κ3) is 2.87. The molecule has 0 bridgehead atoms. The molecule has 2 aromatic carbocycles. The summed E-state index contributed by atoms with van der Waals surface area (Å²) in [6, 6.07) is 14.5. The quantitative estimate of drug-likeness (QED) is 0.906. The molecule has 0 atom stereocenters. The Kier molecular flexibility index (Phi) is 3.50. The van der Waals surface area contributed by atoms with Crippen molar-refractivity contribution in [3.63, 3.8) is 0 Å². The number of carbonyl (C=O) groups excluding carboxylic acids is 1. The first-order valence-electron chi connectivity index (χ1n) is 6.86. The molecule has 0 radical (unpaired) electrons. The summed E-state index contributed by atoms with van der Waals surface area (Å²) in [6.45, 7) is 0. The fourth-order valence-corrected chi connectivity index (χ4v) is 2.30. The molecule has 3 rings (SSSR count). The van der Waals surface area contributed by atoms with Crippen LogP contribution in [0.1, 0.15) is 18.4 Å². The number of rotatable bonds is 4. The molecule has 20 heavy (non-hydrogen) atoms. The molecule has 0 aromatic heterocycles. The van der Waals surface area contributed by atoms with Gasteiger partial charge < -0.3 is 5.32 Å². The highest BCUT2D eigenvalue weighted by atomic mass is 19.1. The van der Waals surface area contributed by atoms with Crippen molar-refractivity contribution < 1.29 is 9.18 Å². The van der Waals surface area contributed by atoms with E-state index in [2.05, 4.69) is 5.32 Å². The molecule has 1 aliphatic rings. The lowest BCUT2D eigenvalue weighted by Gasteiger charge is -2.10. The molecule has 1 N–H and O–H groups in total. The van der Waals surface area contributed by atoms with Crippen molar-refractivity contribution in [2.24, 2.45) is 0 Å². The highest BCUT2D eigenvalue weighted by Gasteiger charge is 2.23. The summed E-state index contributed by atoms with van der Waals surface area (Å²) in [4.78, 5) is 11.9. The fraction of sp³-hybridized carbons (Fsp3) is 0.235. The van der Waals surface area contributed by atoms with Crippen LogP contribution in [0.25, 0.3) is 11.1 Å². The van der Waals surface area contributed by atoms with Gasteiger partial charge in [-0.25, -0.2) is 4.39 Å². The standard InChI is InChI=1S/C17H16FNO/c18-16-8-4-3-7-15(16)14-6-2-1-5-12(14)11-17(20)19-13-9-10-13/h1-8,13H,9-11H2,(H,19,20). The van der Waals surface area contributed by atoms with Gasteiger partial charge in [-0.15, -0.1) is 0 Å². The topological polar surface area (TPSA) is 29.1 Å². The fourth-order valence-electron chi connectivity index (χ4n) is 2.30. The summed E-state index contributed by atoms with van der Waals surface area (Å²) in [7, 11) is 0. The number of nitrogens with one attached hydrogen (secondary N) is 1. The second kappa shape index (κ2) is 5.45. The number of benzene rings is 2. The Labute approximate surface area is 117 Å². The average molecular weight is 269 g/mol. The molecule has 1 saturated carbocycles. The lowest BCUT2D eigenvalue weighted by Crippen LogP contribution is -2.27. The second-order valence-electron chi connectivity index (χ2n) is 5.16. The zero-order chi connectivity index (χ0) is 13.9. The van der Waals surface area contributed by atoms with Crippen molar-refractivity contribution >= 4 is 5.91 Å². The van der Waals surface area contributed by atoms with Crippen LogP contribution in [0.15, 0.2) is 48.5 Å². The van der Waals surface area contributed by atoms with Crippen LogP contribution in [-0.2, 0) is 11.2 Å². The van der Waals surface area contributed by atoms with Crippen molar-refractivity contribution in [2.45, 2.75) is 25.3 Å². The number of hydrogen-bond donors (Lipinski definition) is 1. The van der Waals surface area contributed by atoms with Crippen molar-refractivity contribution in [2.75, 3.05) is 0 Å². The molecule has 1 fully saturated rings. The van der Waals surface area contributed by atoms with Crippen LogP contribution >= 0.6 is 0 Å². The summed E-state index contributed by atoms with van der Waals surface area (Å²) in [6.07, 6.45) is 2.43. The van der Waals surface area contributed by atoms with Gasteiger partial charge in [-0.05, 0) is 30.0 Å². The number of carbonyl (C=O) groups is 1. The lowest BCUT2D eigenvalue weighted by atomic mass is 9.97. The Bertz CT molecular complexity index is 634. The molecule has 102 valence electrons. The van der Waals surface area contributed by atoms with Crippen LogP contribution in [0.3, 0.4) is 0 Å². The van der Waals surface area contributed by atoms with Gasteiger partial charge in [0.25, 0.3) is 0 Å². The van der Waals surface area contributed by atoms with Gasteiger partial charge in [0.2, 0.25) is 5.91 Å². The summed E-state index contributed by atoms with van der Waals surface area (Å²) in [5.41, 5.74) is 2.19. The van der Waals surface area contributed by atoms with E-state index in [1.54, 1.807) is 18.2 Å². The van der Waals surface area contributed by atoms with E-state index < -0.39 is 0 Å². The maximum Gasteiger partial charge on any atom is 0.224 e. The van der Waals surface area contributed by atoms with Gasteiger partial charge in [0.15, 0.2) is 0 Å².